The average Bonchev–Trinajstić information content (AvgIpc) is 2.38. The predicted molar refractivity (Wildman–Crippen MR) is 122 cm³/mol. The number of hydrogen-bond donors (Lipinski definition) is 2. The van der Waals surface area contributed by atoms with Crippen LogP contribution in [-0.2, 0) is 85.4 Å². The van der Waals surface area contributed by atoms with Crippen LogP contribution in [-0.4, -0.2) is 44.6 Å². The summed E-state index contributed by atoms with van der Waals surface area (Å²) in [6.07, 6.45) is 4.56. The normalized spacial score (nSPS) is 7.60. The van der Waals surface area contributed by atoms with Crippen molar-refractivity contribution >= 4 is 85.3 Å². The van der Waals surface area contributed by atoms with Crippen molar-refractivity contribution < 1.29 is 58.4 Å². The van der Waals surface area contributed by atoms with Gasteiger partial charge in [-0.15, -0.1) is 25.3 Å². The minimum atomic E-state index is 0. The molecule has 136 valence electrons. The Morgan fingerprint density at radius 2 is 0.760 bits per heavy atom. The molecular formula is C14H30N2S6Zn3+2. The summed E-state index contributed by atoms with van der Waals surface area (Å²) in [6.45, 7) is 12.7. The zero-order valence-corrected chi connectivity index (χ0v) is 30.2. The molecule has 0 fully saturated rings. The predicted octanol–water partition coefficient (Wildman–Crippen LogP) is 4.63. The second-order valence-corrected chi connectivity index (χ2v) is 6.76. The molecule has 0 saturated heterocycles. The van der Waals surface area contributed by atoms with Gasteiger partial charge in [-0.05, 0) is 25.7 Å². The molecule has 0 radical (unpaired) electrons. The third-order valence-electron chi connectivity index (χ3n) is 2.52. The monoisotopic (exact) mass is 610 g/mol. The van der Waals surface area contributed by atoms with Crippen LogP contribution < -0.4 is 0 Å². The van der Waals surface area contributed by atoms with E-state index in [1.807, 2.05) is 0 Å². The van der Waals surface area contributed by atoms with Gasteiger partial charge in [0.1, 0.15) is 8.64 Å². The van der Waals surface area contributed by atoms with E-state index in [0.29, 0.717) is 0 Å². The van der Waals surface area contributed by atoms with E-state index in [2.05, 4.69) is 62.8 Å². The van der Waals surface area contributed by atoms with Crippen molar-refractivity contribution in [3.63, 3.8) is 0 Å². The van der Waals surface area contributed by atoms with E-state index in [4.69, 9.17) is 24.4 Å². The molecule has 0 amide bonds. The van der Waals surface area contributed by atoms with E-state index in [1.165, 1.54) is 0 Å². The largest absolute Gasteiger partial charge is 2.00 e. The summed E-state index contributed by atoms with van der Waals surface area (Å²) in [5.74, 6) is 0. The van der Waals surface area contributed by atoms with Gasteiger partial charge in [0.2, 0.25) is 0 Å². The van der Waals surface area contributed by atoms with Gasteiger partial charge in [0.25, 0.3) is 0 Å². The molecule has 0 aliphatic heterocycles. The SMILES string of the molecule is CCCN(CCC)C(=S)S.CCCN(CCC)C(=S)S.[S-2].[S-2].[Zn+2].[Zn+2].[Zn+2]. The molecule has 0 aliphatic rings. The van der Waals surface area contributed by atoms with E-state index in [-0.39, 0.29) is 85.4 Å². The van der Waals surface area contributed by atoms with Gasteiger partial charge in [0.15, 0.2) is 0 Å². The maximum Gasteiger partial charge on any atom is 2.00 e. The van der Waals surface area contributed by atoms with Crippen LogP contribution in [0.25, 0.3) is 0 Å². The van der Waals surface area contributed by atoms with Gasteiger partial charge in [0, 0.05) is 26.2 Å². The Morgan fingerprint density at radius 3 is 0.840 bits per heavy atom. The Morgan fingerprint density at radius 1 is 0.600 bits per heavy atom. The summed E-state index contributed by atoms with van der Waals surface area (Å²) in [6, 6.07) is 0. The third-order valence-corrected chi connectivity index (χ3v) is 3.60. The van der Waals surface area contributed by atoms with Gasteiger partial charge < -0.3 is 36.8 Å². The minimum absolute atomic E-state index is 0. The molecule has 0 aromatic carbocycles. The standard InChI is InChI=1S/2C7H15NS2.2S.3Zn/c2*1-3-5-8(6-4-2)7(9)10;;;;;/h2*3-6H2,1-2H3,(H,9,10);;;;;/q;;2*-2;3*+2. The molecule has 0 saturated carbocycles. The Kier molecular flexibility index (Phi) is 64.0. The van der Waals surface area contributed by atoms with Crippen molar-refractivity contribution in [3.8, 4) is 0 Å². The smallest absolute Gasteiger partial charge is 2.00 e. The van der Waals surface area contributed by atoms with Crippen LogP contribution in [0.15, 0.2) is 0 Å². The number of thiocarbonyl (C=S) groups is 2. The summed E-state index contributed by atoms with van der Waals surface area (Å²) < 4.78 is 1.45. The Balaban J connectivity index is -0.0000000432. The number of thiol groups is 2. The molecule has 11 heteroatoms. The topological polar surface area (TPSA) is 6.48 Å². The van der Waals surface area contributed by atoms with Crippen LogP contribution in [0.1, 0.15) is 53.4 Å². The molecule has 0 rings (SSSR count). The van der Waals surface area contributed by atoms with Crippen LogP contribution in [0.5, 0.6) is 0 Å². The zero-order valence-electron chi connectivity index (χ0n) is 16.2. The van der Waals surface area contributed by atoms with Crippen LogP contribution in [0.3, 0.4) is 0 Å². The molecule has 0 aliphatic carbocycles. The minimum Gasteiger partial charge on any atom is -2.00 e. The molecule has 0 aromatic rings. The second-order valence-electron chi connectivity index (χ2n) is 4.54. The van der Waals surface area contributed by atoms with Gasteiger partial charge in [-0.1, -0.05) is 52.1 Å². The van der Waals surface area contributed by atoms with Crippen LogP contribution >= 0.6 is 49.7 Å². The van der Waals surface area contributed by atoms with Gasteiger partial charge in [-0.2, -0.15) is 0 Å². The van der Waals surface area contributed by atoms with Crippen molar-refractivity contribution in [2.75, 3.05) is 26.2 Å². The van der Waals surface area contributed by atoms with E-state index >= 15 is 0 Å². The maximum atomic E-state index is 4.94. The van der Waals surface area contributed by atoms with E-state index in [9.17, 15) is 0 Å². The first-order valence-corrected chi connectivity index (χ1v) is 9.11. The summed E-state index contributed by atoms with van der Waals surface area (Å²) in [5, 5.41) is 0. The average molecular weight is 615 g/mol. The zero-order chi connectivity index (χ0) is 16.0. The van der Waals surface area contributed by atoms with Crippen LogP contribution in [0.2, 0.25) is 0 Å². The summed E-state index contributed by atoms with van der Waals surface area (Å²) >= 11 is 18.1. The van der Waals surface area contributed by atoms with Crippen LogP contribution in [0, 0.1) is 0 Å². The summed E-state index contributed by atoms with van der Waals surface area (Å²) in [5.41, 5.74) is 0. The fourth-order valence-corrected chi connectivity index (χ4v) is 2.45. The summed E-state index contributed by atoms with van der Waals surface area (Å²) in [7, 11) is 0. The van der Waals surface area contributed by atoms with Crippen molar-refractivity contribution in [2.24, 2.45) is 0 Å². The molecule has 0 atom stereocenters. The van der Waals surface area contributed by atoms with Gasteiger partial charge in [-0.25, -0.2) is 0 Å². The first kappa shape index (κ1) is 46.3. The molecule has 0 N–H and O–H groups in total. The molecular weight excluding hydrogens is 585 g/mol. The fraction of sp³-hybridized carbons (Fsp3) is 0.857. The van der Waals surface area contributed by atoms with Crippen molar-refractivity contribution in [1.82, 2.24) is 9.80 Å². The van der Waals surface area contributed by atoms with Crippen LogP contribution in [0.4, 0.5) is 0 Å². The Labute approximate surface area is 230 Å². The molecule has 25 heavy (non-hydrogen) atoms. The Hall–Kier alpha value is 3.05. The molecule has 0 aromatic heterocycles. The molecule has 0 spiro atoms. The van der Waals surface area contributed by atoms with Gasteiger partial charge >= 0.3 is 58.4 Å². The number of rotatable bonds is 8. The van der Waals surface area contributed by atoms with E-state index in [1.54, 1.807) is 0 Å². The maximum absolute atomic E-state index is 4.94. The molecule has 2 nitrogen and oxygen atoms in total. The fourth-order valence-electron chi connectivity index (χ4n) is 1.69. The number of hydrogen-bond acceptors (Lipinski definition) is 2. The van der Waals surface area contributed by atoms with Crippen molar-refractivity contribution in [2.45, 2.75) is 53.4 Å². The van der Waals surface area contributed by atoms with Crippen molar-refractivity contribution in [3.05, 3.63) is 0 Å². The molecule has 0 heterocycles. The van der Waals surface area contributed by atoms with E-state index < -0.39 is 0 Å². The first-order chi connectivity index (χ1) is 9.44. The Bertz CT molecular complexity index is 239. The third kappa shape index (κ3) is 31.9. The van der Waals surface area contributed by atoms with E-state index in [0.717, 1.165) is 60.5 Å². The van der Waals surface area contributed by atoms with Crippen molar-refractivity contribution in [1.29, 1.82) is 0 Å². The molecule has 0 bridgehead atoms. The van der Waals surface area contributed by atoms with Gasteiger partial charge in [0.05, 0.1) is 0 Å². The first-order valence-electron chi connectivity index (χ1n) is 7.40. The van der Waals surface area contributed by atoms with Gasteiger partial charge in [-0.3, -0.25) is 0 Å². The quantitative estimate of drug-likeness (QED) is 0.234. The number of nitrogens with zero attached hydrogens (tertiary/aromatic N) is 2. The molecule has 0 unspecified atom stereocenters. The summed E-state index contributed by atoms with van der Waals surface area (Å²) in [4.78, 5) is 4.25. The second kappa shape index (κ2) is 34.5.